The van der Waals surface area contributed by atoms with Gasteiger partial charge < -0.3 is 15.4 Å². The summed E-state index contributed by atoms with van der Waals surface area (Å²) < 4.78 is 5.65. The van der Waals surface area contributed by atoms with Gasteiger partial charge in [-0.3, -0.25) is 0 Å². The van der Waals surface area contributed by atoms with E-state index in [9.17, 15) is 0 Å². The molecular formula is C20H26N2OS. The van der Waals surface area contributed by atoms with Crippen LogP contribution in [0, 0.1) is 6.92 Å². The molecule has 2 N–H and O–H groups in total. The molecule has 0 bridgehead atoms. The van der Waals surface area contributed by atoms with E-state index < -0.39 is 0 Å². The number of aryl methyl sites for hydroxylation is 1. The molecule has 1 unspecified atom stereocenters. The molecule has 0 aromatic heterocycles. The molecule has 1 atom stereocenters. The minimum Gasteiger partial charge on any atom is -0.491 e. The summed E-state index contributed by atoms with van der Waals surface area (Å²) in [6.07, 6.45) is 1.14. The summed E-state index contributed by atoms with van der Waals surface area (Å²) in [6, 6.07) is 16.6. The first kappa shape index (κ1) is 18.3. The Labute approximate surface area is 150 Å². The average Bonchev–Trinajstić information content (AvgIpc) is 2.55. The second kappa shape index (κ2) is 8.69. The number of anilines is 1. The molecule has 0 aliphatic heterocycles. The molecule has 0 radical (unpaired) electrons. The number of rotatable bonds is 6. The highest BCUT2D eigenvalue weighted by Gasteiger charge is 2.10. The minimum atomic E-state index is 0.173. The van der Waals surface area contributed by atoms with Crippen LogP contribution in [0.15, 0.2) is 48.5 Å². The predicted octanol–water partition coefficient (Wildman–Crippen LogP) is 5.22. The Balaban J connectivity index is 1.94. The number of benzene rings is 2. The fourth-order valence-electron chi connectivity index (χ4n) is 2.43. The second-order valence-electron chi connectivity index (χ2n) is 6.16. The van der Waals surface area contributed by atoms with E-state index in [1.165, 1.54) is 11.1 Å². The molecule has 0 amide bonds. The van der Waals surface area contributed by atoms with Gasteiger partial charge in [-0.05, 0) is 69.2 Å². The molecule has 0 fully saturated rings. The highest BCUT2D eigenvalue weighted by atomic mass is 32.1. The van der Waals surface area contributed by atoms with Crippen LogP contribution in [0.2, 0.25) is 0 Å². The maximum atomic E-state index is 5.65. The summed E-state index contributed by atoms with van der Waals surface area (Å²) >= 11 is 5.45. The standard InChI is InChI=1S/C20H26N2OS/c1-5-19(16-8-6-15(4)7-9-16)22-20(24)21-17-10-12-18(13-11-17)23-14(2)3/h6-14,19H,5H2,1-4H3,(H2,21,22,24). The Kier molecular flexibility index (Phi) is 6.62. The zero-order valence-corrected chi connectivity index (χ0v) is 15.6. The monoisotopic (exact) mass is 342 g/mol. The van der Waals surface area contributed by atoms with Crippen LogP contribution in [0.4, 0.5) is 5.69 Å². The van der Waals surface area contributed by atoms with Crippen molar-refractivity contribution in [3.05, 3.63) is 59.7 Å². The van der Waals surface area contributed by atoms with Gasteiger partial charge in [-0.15, -0.1) is 0 Å². The van der Waals surface area contributed by atoms with E-state index in [4.69, 9.17) is 17.0 Å². The molecule has 128 valence electrons. The zero-order valence-electron chi connectivity index (χ0n) is 14.8. The van der Waals surface area contributed by atoms with Crippen molar-refractivity contribution in [1.29, 1.82) is 0 Å². The maximum absolute atomic E-state index is 5.65. The number of ether oxygens (including phenoxy) is 1. The summed E-state index contributed by atoms with van der Waals surface area (Å²) in [7, 11) is 0. The predicted molar refractivity (Wildman–Crippen MR) is 106 cm³/mol. The second-order valence-corrected chi connectivity index (χ2v) is 6.57. The van der Waals surface area contributed by atoms with Crippen LogP contribution >= 0.6 is 12.2 Å². The lowest BCUT2D eigenvalue weighted by Crippen LogP contribution is -2.32. The van der Waals surface area contributed by atoms with E-state index >= 15 is 0 Å². The van der Waals surface area contributed by atoms with E-state index in [0.29, 0.717) is 5.11 Å². The number of hydrogen-bond acceptors (Lipinski definition) is 2. The van der Waals surface area contributed by atoms with Crippen molar-refractivity contribution in [2.75, 3.05) is 5.32 Å². The molecule has 2 aromatic rings. The van der Waals surface area contributed by atoms with E-state index in [2.05, 4.69) is 48.7 Å². The Hall–Kier alpha value is -2.07. The highest BCUT2D eigenvalue weighted by molar-refractivity contribution is 7.80. The highest BCUT2D eigenvalue weighted by Crippen LogP contribution is 2.19. The Morgan fingerprint density at radius 3 is 2.21 bits per heavy atom. The van der Waals surface area contributed by atoms with Crippen molar-refractivity contribution in [2.24, 2.45) is 0 Å². The molecule has 4 heteroatoms. The van der Waals surface area contributed by atoms with Crippen LogP contribution in [0.3, 0.4) is 0 Å². The molecule has 0 saturated carbocycles. The maximum Gasteiger partial charge on any atom is 0.171 e. The molecule has 0 heterocycles. The SMILES string of the molecule is CCC(NC(=S)Nc1ccc(OC(C)C)cc1)c1ccc(C)cc1. The molecule has 0 spiro atoms. The lowest BCUT2D eigenvalue weighted by molar-refractivity contribution is 0.242. The molecular weight excluding hydrogens is 316 g/mol. The van der Waals surface area contributed by atoms with Gasteiger partial charge in [0.25, 0.3) is 0 Å². The van der Waals surface area contributed by atoms with Gasteiger partial charge in [-0.25, -0.2) is 0 Å². The van der Waals surface area contributed by atoms with Gasteiger partial charge in [0.15, 0.2) is 5.11 Å². The number of nitrogens with one attached hydrogen (secondary N) is 2. The van der Waals surface area contributed by atoms with Crippen LogP contribution < -0.4 is 15.4 Å². The van der Waals surface area contributed by atoms with E-state index in [0.717, 1.165) is 17.9 Å². The first-order valence-corrected chi connectivity index (χ1v) is 8.79. The summed E-state index contributed by atoms with van der Waals surface area (Å²) in [5, 5.41) is 7.24. The van der Waals surface area contributed by atoms with Gasteiger partial charge in [0.05, 0.1) is 12.1 Å². The van der Waals surface area contributed by atoms with Crippen molar-refractivity contribution in [1.82, 2.24) is 5.32 Å². The van der Waals surface area contributed by atoms with Crippen LogP contribution in [0.1, 0.15) is 44.4 Å². The van der Waals surface area contributed by atoms with Crippen molar-refractivity contribution in [2.45, 2.75) is 46.3 Å². The number of hydrogen-bond donors (Lipinski definition) is 2. The van der Waals surface area contributed by atoms with Crippen molar-refractivity contribution >= 4 is 23.0 Å². The van der Waals surface area contributed by atoms with Crippen molar-refractivity contribution in [3.8, 4) is 5.75 Å². The molecule has 0 saturated heterocycles. The molecule has 2 aromatic carbocycles. The van der Waals surface area contributed by atoms with E-state index in [1.807, 2.05) is 38.1 Å². The number of thiocarbonyl (C=S) groups is 1. The third-order valence-electron chi connectivity index (χ3n) is 3.68. The summed E-state index contributed by atoms with van der Waals surface area (Å²) in [6.45, 7) is 8.28. The lowest BCUT2D eigenvalue weighted by atomic mass is 10.0. The third-order valence-corrected chi connectivity index (χ3v) is 3.90. The van der Waals surface area contributed by atoms with Gasteiger partial charge >= 0.3 is 0 Å². The third kappa shape index (κ3) is 5.53. The van der Waals surface area contributed by atoms with Gasteiger partial charge in [-0.2, -0.15) is 0 Å². The Morgan fingerprint density at radius 2 is 1.67 bits per heavy atom. The normalized spacial score (nSPS) is 11.9. The van der Waals surface area contributed by atoms with E-state index in [1.54, 1.807) is 0 Å². The summed E-state index contributed by atoms with van der Waals surface area (Å²) in [5.41, 5.74) is 3.45. The Bertz CT molecular complexity index is 650. The van der Waals surface area contributed by atoms with Gasteiger partial charge in [-0.1, -0.05) is 36.8 Å². The minimum absolute atomic E-state index is 0.173. The lowest BCUT2D eigenvalue weighted by Gasteiger charge is -2.20. The molecule has 0 aliphatic rings. The largest absolute Gasteiger partial charge is 0.491 e. The smallest absolute Gasteiger partial charge is 0.171 e. The fourth-order valence-corrected chi connectivity index (χ4v) is 2.69. The van der Waals surface area contributed by atoms with Gasteiger partial charge in [0.2, 0.25) is 0 Å². The summed E-state index contributed by atoms with van der Waals surface area (Å²) in [5.74, 6) is 0.862. The topological polar surface area (TPSA) is 33.3 Å². The molecule has 3 nitrogen and oxygen atoms in total. The molecule has 0 aliphatic carbocycles. The molecule has 24 heavy (non-hydrogen) atoms. The Morgan fingerprint density at radius 1 is 1.04 bits per heavy atom. The van der Waals surface area contributed by atoms with Crippen LogP contribution in [-0.2, 0) is 0 Å². The van der Waals surface area contributed by atoms with Crippen molar-refractivity contribution < 1.29 is 4.74 Å². The average molecular weight is 343 g/mol. The van der Waals surface area contributed by atoms with Gasteiger partial charge in [0, 0.05) is 5.69 Å². The van der Waals surface area contributed by atoms with Crippen molar-refractivity contribution in [3.63, 3.8) is 0 Å². The van der Waals surface area contributed by atoms with Gasteiger partial charge in [0.1, 0.15) is 5.75 Å². The van der Waals surface area contributed by atoms with Crippen LogP contribution in [0.5, 0.6) is 5.75 Å². The molecule has 2 rings (SSSR count). The van der Waals surface area contributed by atoms with E-state index in [-0.39, 0.29) is 12.1 Å². The van der Waals surface area contributed by atoms with Crippen LogP contribution in [-0.4, -0.2) is 11.2 Å². The first-order valence-electron chi connectivity index (χ1n) is 8.38. The van der Waals surface area contributed by atoms with Crippen LogP contribution in [0.25, 0.3) is 0 Å². The fraction of sp³-hybridized carbons (Fsp3) is 0.350. The zero-order chi connectivity index (χ0) is 17.5. The summed E-state index contributed by atoms with van der Waals surface area (Å²) in [4.78, 5) is 0. The quantitative estimate of drug-likeness (QED) is 0.705. The first-order chi connectivity index (χ1) is 11.5.